The Balaban J connectivity index is 0.00000308. The molecule has 2 N–H and O–H groups in total. The minimum atomic E-state index is 0. The second-order valence-electron chi connectivity index (χ2n) is 9.95. The molecule has 5 aromatic rings. The van der Waals surface area contributed by atoms with Gasteiger partial charge in [-0.3, -0.25) is 14.9 Å². The number of hydrogen-bond acceptors (Lipinski definition) is 5. The largest absolute Gasteiger partial charge is 0.341 e. The minimum absolute atomic E-state index is 0. The van der Waals surface area contributed by atoms with E-state index in [1.807, 2.05) is 30.7 Å². The molecule has 39 heavy (non-hydrogen) atoms. The standard InChI is InChI=1S/C31H31BrN6.BrH/c32-26-19-33-16-14-25(26)18-34-17-22-10-12-23(13-11-22)20-38(21-30-36-27-7-1-2-8-28(27)37-30)29-9-3-5-24-6-4-15-35-31(24)29;/h1-2,4,6-8,10-16,19,29,34H,3,5,9,17-18,20-21H2,(H,36,37);1H. The fraction of sp³-hybridized carbons (Fsp3) is 0.258. The van der Waals surface area contributed by atoms with E-state index < -0.39 is 0 Å². The summed E-state index contributed by atoms with van der Waals surface area (Å²) >= 11 is 3.57. The summed E-state index contributed by atoms with van der Waals surface area (Å²) in [6.07, 6.45) is 8.99. The first-order chi connectivity index (χ1) is 18.7. The maximum Gasteiger partial charge on any atom is 0.121 e. The average Bonchev–Trinajstić information content (AvgIpc) is 3.37. The van der Waals surface area contributed by atoms with Crippen LogP contribution in [0.25, 0.3) is 11.0 Å². The van der Waals surface area contributed by atoms with Gasteiger partial charge in [-0.25, -0.2) is 4.98 Å². The van der Waals surface area contributed by atoms with Crippen LogP contribution in [0.15, 0.2) is 89.8 Å². The Morgan fingerprint density at radius 2 is 1.77 bits per heavy atom. The van der Waals surface area contributed by atoms with Crippen molar-refractivity contribution in [2.75, 3.05) is 0 Å². The predicted molar refractivity (Wildman–Crippen MR) is 165 cm³/mol. The molecule has 2 aromatic carbocycles. The first-order valence-corrected chi connectivity index (χ1v) is 14.0. The predicted octanol–water partition coefficient (Wildman–Crippen LogP) is 7.06. The third-order valence-corrected chi connectivity index (χ3v) is 8.02. The Labute approximate surface area is 248 Å². The van der Waals surface area contributed by atoms with Crippen molar-refractivity contribution in [3.05, 3.63) is 124 Å². The summed E-state index contributed by atoms with van der Waals surface area (Å²) in [6, 6.07) is 23.8. The number of hydrogen-bond donors (Lipinski definition) is 2. The number of aromatic amines is 1. The lowest BCUT2D eigenvalue weighted by atomic mass is 9.90. The number of pyridine rings is 2. The Hall–Kier alpha value is -2.91. The number of benzene rings is 2. The van der Waals surface area contributed by atoms with Crippen molar-refractivity contribution in [2.45, 2.75) is 51.5 Å². The van der Waals surface area contributed by atoms with E-state index >= 15 is 0 Å². The van der Waals surface area contributed by atoms with Crippen molar-refractivity contribution in [2.24, 2.45) is 0 Å². The molecule has 0 saturated carbocycles. The number of aryl methyl sites for hydroxylation is 1. The van der Waals surface area contributed by atoms with Crippen molar-refractivity contribution < 1.29 is 0 Å². The molecule has 0 amide bonds. The number of aromatic nitrogens is 4. The summed E-state index contributed by atoms with van der Waals surface area (Å²) in [4.78, 5) is 19.9. The molecule has 1 atom stereocenters. The highest BCUT2D eigenvalue weighted by molar-refractivity contribution is 9.10. The first kappa shape index (κ1) is 27.6. The van der Waals surface area contributed by atoms with E-state index in [9.17, 15) is 0 Å². The highest BCUT2D eigenvalue weighted by atomic mass is 79.9. The van der Waals surface area contributed by atoms with Gasteiger partial charge < -0.3 is 10.3 Å². The molecule has 0 fully saturated rings. The van der Waals surface area contributed by atoms with E-state index in [1.54, 1.807) is 0 Å². The lowest BCUT2D eigenvalue weighted by Gasteiger charge is -2.34. The molecule has 6 nitrogen and oxygen atoms in total. The number of nitrogens with one attached hydrogen (secondary N) is 2. The van der Waals surface area contributed by atoms with Crippen LogP contribution < -0.4 is 5.32 Å². The van der Waals surface area contributed by atoms with Crippen molar-refractivity contribution >= 4 is 43.9 Å². The summed E-state index contributed by atoms with van der Waals surface area (Å²) < 4.78 is 1.03. The Kier molecular flexibility index (Phi) is 9.19. The van der Waals surface area contributed by atoms with E-state index in [4.69, 9.17) is 9.97 Å². The van der Waals surface area contributed by atoms with Gasteiger partial charge in [-0.1, -0.05) is 42.5 Å². The maximum atomic E-state index is 4.89. The molecule has 8 heteroatoms. The Morgan fingerprint density at radius 3 is 2.62 bits per heavy atom. The zero-order chi connectivity index (χ0) is 25.7. The minimum Gasteiger partial charge on any atom is -0.341 e. The SMILES string of the molecule is Br.Brc1cnccc1CNCc1ccc(CN(Cc2nc3ccccc3[nH]2)C2CCCc3cccnc32)cc1. The number of nitrogens with zero attached hydrogens (tertiary/aromatic N) is 4. The smallest absolute Gasteiger partial charge is 0.121 e. The van der Waals surface area contributed by atoms with Gasteiger partial charge in [0, 0.05) is 42.7 Å². The van der Waals surface area contributed by atoms with Crippen LogP contribution in [0, 0.1) is 0 Å². The lowest BCUT2D eigenvalue weighted by Crippen LogP contribution is -2.31. The van der Waals surface area contributed by atoms with Crippen LogP contribution in [0.2, 0.25) is 0 Å². The van der Waals surface area contributed by atoms with E-state index in [0.29, 0.717) is 0 Å². The van der Waals surface area contributed by atoms with Crippen molar-refractivity contribution in [1.82, 2.24) is 30.2 Å². The molecule has 1 aliphatic carbocycles. The van der Waals surface area contributed by atoms with Crippen LogP contribution in [-0.2, 0) is 32.6 Å². The number of para-hydroxylation sites is 2. The topological polar surface area (TPSA) is 69.7 Å². The molecule has 1 aliphatic rings. The third-order valence-electron chi connectivity index (χ3n) is 7.31. The summed E-state index contributed by atoms with van der Waals surface area (Å²) in [5.41, 5.74) is 8.47. The second kappa shape index (κ2) is 13.0. The summed E-state index contributed by atoms with van der Waals surface area (Å²) in [5.74, 6) is 0.998. The number of fused-ring (bicyclic) bond motifs is 2. The molecule has 0 saturated heterocycles. The zero-order valence-corrected chi connectivity index (χ0v) is 25.0. The molecule has 1 unspecified atom stereocenters. The number of imidazole rings is 1. The van der Waals surface area contributed by atoms with Crippen molar-refractivity contribution in [3.8, 4) is 0 Å². The van der Waals surface area contributed by atoms with Crippen LogP contribution in [0.4, 0.5) is 0 Å². The number of H-pyrrole nitrogens is 1. The molecule has 0 spiro atoms. The number of rotatable bonds is 9. The van der Waals surface area contributed by atoms with E-state index in [0.717, 1.165) is 60.4 Å². The van der Waals surface area contributed by atoms with Gasteiger partial charge >= 0.3 is 0 Å². The van der Waals surface area contributed by atoms with Crippen molar-refractivity contribution in [1.29, 1.82) is 0 Å². The number of halogens is 2. The van der Waals surface area contributed by atoms with Gasteiger partial charge in [0.05, 0.1) is 29.3 Å². The van der Waals surface area contributed by atoms with Crippen LogP contribution in [0.1, 0.15) is 52.7 Å². The summed E-state index contributed by atoms with van der Waals surface area (Å²) in [7, 11) is 0. The molecule has 0 aliphatic heterocycles. The molecule has 6 rings (SSSR count). The lowest BCUT2D eigenvalue weighted by molar-refractivity contribution is 0.153. The average molecular weight is 648 g/mol. The van der Waals surface area contributed by atoms with Crippen LogP contribution in [0.5, 0.6) is 0 Å². The maximum absolute atomic E-state index is 4.89. The van der Waals surface area contributed by atoms with Gasteiger partial charge in [-0.05, 0) is 81.7 Å². The van der Waals surface area contributed by atoms with Crippen molar-refractivity contribution in [3.63, 3.8) is 0 Å². The monoisotopic (exact) mass is 646 g/mol. The zero-order valence-electron chi connectivity index (χ0n) is 21.7. The van der Waals surface area contributed by atoms with E-state index in [2.05, 4.69) is 90.7 Å². The fourth-order valence-electron chi connectivity index (χ4n) is 5.38. The molecular formula is C31H32Br2N6. The van der Waals surface area contributed by atoms with Crippen LogP contribution in [-0.4, -0.2) is 24.8 Å². The Morgan fingerprint density at radius 1 is 0.923 bits per heavy atom. The molecule has 3 heterocycles. The second-order valence-corrected chi connectivity index (χ2v) is 10.8. The summed E-state index contributed by atoms with van der Waals surface area (Å²) in [6.45, 7) is 3.21. The van der Waals surface area contributed by atoms with Gasteiger partial charge in [-0.15, -0.1) is 17.0 Å². The normalized spacial score (nSPS) is 14.8. The van der Waals surface area contributed by atoms with E-state index in [1.165, 1.54) is 34.4 Å². The van der Waals surface area contributed by atoms with Gasteiger partial charge in [0.1, 0.15) is 5.82 Å². The van der Waals surface area contributed by atoms with Crippen LogP contribution >= 0.6 is 32.9 Å². The van der Waals surface area contributed by atoms with Gasteiger partial charge in [0.2, 0.25) is 0 Å². The summed E-state index contributed by atoms with van der Waals surface area (Å²) in [5, 5.41) is 3.54. The molecule has 0 bridgehead atoms. The first-order valence-electron chi connectivity index (χ1n) is 13.2. The van der Waals surface area contributed by atoms with Gasteiger partial charge in [-0.2, -0.15) is 0 Å². The molecule has 200 valence electrons. The molecular weight excluding hydrogens is 616 g/mol. The quantitative estimate of drug-likeness (QED) is 0.179. The van der Waals surface area contributed by atoms with Gasteiger partial charge in [0.25, 0.3) is 0 Å². The fourth-order valence-corrected chi connectivity index (χ4v) is 5.77. The third kappa shape index (κ3) is 6.64. The Bertz CT molecular complexity index is 1480. The highest BCUT2D eigenvalue weighted by Gasteiger charge is 2.28. The van der Waals surface area contributed by atoms with Crippen LogP contribution in [0.3, 0.4) is 0 Å². The van der Waals surface area contributed by atoms with E-state index in [-0.39, 0.29) is 23.0 Å². The molecule has 0 radical (unpaired) electrons. The highest BCUT2D eigenvalue weighted by Crippen LogP contribution is 2.34. The van der Waals surface area contributed by atoms with Gasteiger partial charge in [0.15, 0.2) is 0 Å². The molecule has 3 aromatic heterocycles.